The number of nitrogens with one attached hydrogen (secondary N) is 1. The van der Waals surface area contributed by atoms with Gasteiger partial charge in [0.1, 0.15) is 18.1 Å². The van der Waals surface area contributed by atoms with E-state index in [2.05, 4.69) is 36.0 Å². The van der Waals surface area contributed by atoms with Gasteiger partial charge in [-0.05, 0) is 49.4 Å². The summed E-state index contributed by atoms with van der Waals surface area (Å²) < 4.78 is 12.2. The van der Waals surface area contributed by atoms with Gasteiger partial charge in [-0.3, -0.25) is 4.79 Å². The predicted octanol–water partition coefficient (Wildman–Crippen LogP) is 3.97. The third-order valence-electron chi connectivity index (χ3n) is 5.35. The summed E-state index contributed by atoms with van der Waals surface area (Å²) in [6.45, 7) is 12.1. The fourth-order valence-electron chi connectivity index (χ4n) is 3.48. The standard InChI is InChI=1S/C24H31N5O4S/c1-7-32-22(31)21-14(2)20(15(3)26-21)18(30)13-34-23-28-27-19(29(23)25)12-33-17-10-8-16(9-11-17)24(4,5)6/h8-11,26H,7,12-13,25H2,1-6H3. The Kier molecular flexibility index (Phi) is 7.71. The van der Waals surface area contributed by atoms with E-state index in [1.165, 1.54) is 22.0 Å². The minimum atomic E-state index is -0.478. The van der Waals surface area contributed by atoms with Crippen molar-refractivity contribution >= 4 is 23.5 Å². The molecule has 0 saturated carbocycles. The summed E-state index contributed by atoms with van der Waals surface area (Å²) in [4.78, 5) is 27.9. The van der Waals surface area contributed by atoms with Crippen molar-refractivity contribution < 1.29 is 19.1 Å². The maximum Gasteiger partial charge on any atom is 0.355 e. The lowest BCUT2D eigenvalue weighted by molar-refractivity contribution is 0.0519. The van der Waals surface area contributed by atoms with Crippen LogP contribution in [-0.2, 0) is 16.8 Å². The summed E-state index contributed by atoms with van der Waals surface area (Å²) in [6, 6.07) is 7.90. The van der Waals surface area contributed by atoms with E-state index < -0.39 is 5.97 Å². The summed E-state index contributed by atoms with van der Waals surface area (Å²) in [7, 11) is 0. The second kappa shape index (κ2) is 10.3. The van der Waals surface area contributed by atoms with Crippen LogP contribution in [0.25, 0.3) is 0 Å². The van der Waals surface area contributed by atoms with Gasteiger partial charge in [-0.25, -0.2) is 9.47 Å². The molecule has 0 aliphatic rings. The number of benzene rings is 1. The molecule has 2 aromatic heterocycles. The number of nitrogens with zero attached hydrogens (tertiary/aromatic N) is 3. The first kappa shape index (κ1) is 25.4. The van der Waals surface area contributed by atoms with Crippen LogP contribution in [0.5, 0.6) is 5.75 Å². The molecule has 0 aliphatic carbocycles. The molecule has 2 heterocycles. The third kappa shape index (κ3) is 5.61. The fourth-order valence-corrected chi connectivity index (χ4v) is 4.23. The molecule has 0 aliphatic heterocycles. The molecule has 0 unspecified atom stereocenters. The Hall–Kier alpha value is -3.27. The molecule has 0 amide bonds. The molecule has 0 radical (unpaired) electrons. The molecule has 182 valence electrons. The zero-order valence-corrected chi connectivity index (χ0v) is 21.2. The van der Waals surface area contributed by atoms with E-state index in [0.29, 0.717) is 39.2 Å². The minimum Gasteiger partial charge on any atom is -0.486 e. The molecule has 3 N–H and O–H groups in total. The maximum absolute atomic E-state index is 12.9. The van der Waals surface area contributed by atoms with Crippen molar-refractivity contribution in [2.75, 3.05) is 18.2 Å². The normalized spacial score (nSPS) is 11.5. The number of carbonyl (C=O) groups is 2. The van der Waals surface area contributed by atoms with Gasteiger partial charge in [0.15, 0.2) is 11.6 Å². The number of aromatic amines is 1. The largest absolute Gasteiger partial charge is 0.486 e. The molecule has 0 saturated heterocycles. The highest BCUT2D eigenvalue weighted by atomic mass is 32.2. The van der Waals surface area contributed by atoms with Crippen LogP contribution in [0, 0.1) is 13.8 Å². The maximum atomic E-state index is 12.9. The number of ketones is 1. The molecule has 0 bridgehead atoms. The minimum absolute atomic E-state index is 0.0668. The van der Waals surface area contributed by atoms with Crippen LogP contribution in [0.4, 0.5) is 0 Å². The van der Waals surface area contributed by atoms with Gasteiger partial charge < -0.3 is 20.3 Å². The van der Waals surface area contributed by atoms with Crippen LogP contribution in [-0.4, -0.2) is 44.0 Å². The molecule has 0 fully saturated rings. The Balaban J connectivity index is 1.62. The number of thioether (sulfide) groups is 1. The van der Waals surface area contributed by atoms with E-state index in [4.69, 9.17) is 15.3 Å². The number of esters is 1. The van der Waals surface area contributed by atoms with Crippen LogP contribution >= 0.6 is 11.8 Å². The lowest BCUT2D eigenvalue weighted by atomic mass is 9.87. The van der Waals surface area contributed by atoms with Gasteiger partial charge in [-0.1, -0.05) is 44.7 Å². The Labute approximate surface area is 203 Å². The van der Waals surface area contributed by atoms with E-state index in [0.717, 1.165) is 0 Å². The Bertz CT molecular complexity index is 1180. The number of aryl methyl sites for hydroxylation is 1. The van der Waals surface area contributed by atoms with Gasteiger partial charge in [-0.2, -0.15) is 0 Å². The van der Waals surface area contributed by atoms with Gasteiger partial charge >= 0.3 is 5.97 Å². The number of Topliss-reactive ketones (excluding diaryl/α,β-unsaturated/α-hetero) is 1. The summed E-state index contributed by atoms with van der Waals surface area (Å²) in [5, 5.41) is 8.56. The van der Waals surface area contributed by atoms with Crippen LogP contribution in [0.1, 0.15) is 71.2 Å². The molecule has 10 heteroatoms. The van der Waals surface area contributed by atoms with Gasteiger partial charge in [-0.15, -0.1) is 10.2 Å². The van der Waals surface area contributed by atoms with E-state index in [9.17, 15) is 9.59 Å². The zero-order valence-electron chi connectivity index (χ0n) is 20.4. The number of carbonyl (C=O) groups excluding carboxylic acids is 2. The lowest BCUT2D eigenvalue weighted by Crippen LogP contribution is -2.16. The number of hydrogen-bond donors (Lipinski definition) is 2. The third-order valence-corrected chi connectivity index (χ3v) is 6.29. The molecule has 3 rings (SSSR count). The van der Waals surface area contributed by atoms with Crippen molar-refractivity contribution in [3.63, 3.8) is 0 Å². The average molecular weight is 486 g/mol. The van der Waals surface area contributed by atoms with Crippen LogP contribution in [0.2, 0.25) is 0 Å². The summed E-state index contributed by atoms with van der Waals surface area (Å²) in [6.07, 6.45) is 0. The first-order chi connectivity index (χ1) is 16.0. The molecule has 0 atom stereocenters. The zero-order chi connectivity index (χ0) is 25.0. The molecule has 0 spiro atoms. The van der Waals surface area contributed by atoms with Gasteiger partial charge in [0.2, 0.25) is 5.16 Å². The smallest absolute Gasteiger partial charge is 0.355 e. The number of hydrogen-bond acceptors (Lipinski definition) is 8. The molecule has 3 aromatic rings. The highest BCUT2D eigenvalue weighted by molar-refractivity contribution is 7.99. The molecule has 9 nitrogen and oxygen atoms in total. The van der Waals surface area contributed by atoms with Crippen LogP contribution < -0.4 is 10.6 Å². The SMILES string of the molecule is CCOC(=O)c1[nH]c(C)c(C(=O)CSc2nnc(COc3ccc(C(C)(C)C)cc3)n2N)c1C. The van der Waals surface area contributed by atoms with E-state index >= 15 is 0 Å². The first-order valence-corrected chi connectivity index (χ1v) is 12.0. The van der Waals surface area contributed by atoms with Crippen LogP contribution in [0.3, 0.4) is 0 Å². The fraction of sp³-hybridized carbons (Fsp3) is 0.417. The van der Waals surface area contributed by atoms with Gasteiger partial charge in [0, 0.05) is 11.3 Å². The topological polar surface area (TPSA) is 125 Å². The quantitative estimate of drug-likeness (QED) is 0.202. The Morgan fingerprint density at radius 2 is 1.82 bits per heavy atom. The van der Waals surface area contributed by atoms with E-state index in [1.807, 2.05) is 24.3 Å². The number of H-pyrrole nitrogens is 1. The van der Waals surface area contributed by atoms with Gasteiger partial charge in [0.25, 0.3) is 0 Å². The second-order valence-electron chi connectivity index (χ2n) is 8.89. The Morgan fingerprint density at radius 1 is 1.15 bits per heavy atom. The van der Waals surface area contributed by atoms with Crippen molar-refractivity contribution in [3.8, 4) is 5.75 Å². The van der Waals surface area contributed by atoms with Crippen molar-refractivity contribution in [2.24, 2.45) is 0 Å². The summed E-state index contributed by atoms with van der Waals surface area (Å²) in [5.41, 5.74) is 3.24. The predicted molar refractivity (Wildman–Crippen MR) is 131 cm³/mol. The number of ether oxygens (including phenoxy) is 2. The number of aromatic nitrogens is 4. The number of nitrogen functional groups attached to an aromatic ring is 1. The number of nitrogens with two attached hydrogens (primary N) is 1. The second-order valence-corrected chi connectivity index (χ2v) is 9.83. The van der Waals surface area contributed by atoms with Crippen LogP contribution in [0.15, 0.2) is 29.4 Å². The monoisotopic (exact) mass is 485 g/mol. The summed E-state index contributed by atoms with van der Waals surface area (Å²) >= 11 is 1.17. The van der Waals surface area contributed by atoms with Crippen molar-refractivity contribution in [3.05, 3.63) is 58.2 Å². The molecular weight excluding hydrogens is 454 g/mol. The van der Waals surface area contributed by atoms with Crippen molar-refractivity contribution in [1.82, 2.24) is 19.9 Å². The molecule has 34 heavy (non-hydrogen) atoms. The summed E-state index contributed by atoms with van der Waals surface area (Å²) in [5.74, 6) is 6.73. The highest BCUT2D eigenvalue weighted by Crippen LogP contribution is 2.25. The molecule has 1 aromatic carbocycles. The number of rotatable bonds is 9. The highest BCUT2D eigenvalue weighted by Gasteiger charge is 2.23. The molecular formula is C24H31N5O4S. The average Bonchev–Trinajstić information content (AvgIpc) is 3.28. The first-order valence-electron chi connectivity index (χ1n) is 11.0. The van der Waals surface area contributed by atoms with Gasteiger partial charge in [0.05, 0.1) is 12.4 Å². The Morgan fingerprint density at radius 3 is 2.44 bits per heavy atom. The lowest BCUT2D eigenvalue weighted by Gasteiger charge is -2.19. The van der Waals surface area contributed by atoms with E-state index in [1.54, 1.807) is 20.8 Å². The van der Waals surface area contributed by atoms with Crippen molar-refractivity contribution in [2.45, 2.75) is 58.7 Å². The van der Waals surface area contributed by atoms with E-state index in [-0.39, 0.29) is 30.2 Å². The van der Waals surface area contributed by atoms with Crippen molar-refractivity contribution in [1.29, 1.82) is 0 Å².